The second kappa shape index (κ2) is 6.89. The van der Waals surface area contributed by atoms with Crippen LogP contribution in [0.2, 0.25) is 10.0 Å². The van der Waals surface area contributed by atoms with E-state index in [0.29, 0.717) is 17.5 Å². The molecule has 1 aliphatic carbocycles. The zero-order valence-corrected chi connectivity index (χ0v) is 14.2. The van der Waals surface area contributed by atoms with Crippen LogP contribution in [0, 0.1) is 0 Å². The molecule has 0 bridgehead atoms. The van der Waals surface area contributed by atoms with E-state index in [4.69, 9.17) is 28.9 Å². The highest BCUT2D eigenvalue weighted by Gasteiger charge is 2.40. The van der Waals surface area contributed by atoms with Gasteiger partial charge in [-0.3, -0.25) is 4.99 Å². The van der Waals surface area contributed by atoms with Gasteiger partial charge in [-0.2, -0.15) is 0 Å². The summed E-state index contributed by atoms with van der Waals surface area (Å²) in [6.45, 7) is 6.61. The van der Waals surface area contributed by atoms with Gasteiger partial charge in [-0.1, -0.05) is 35.7 Å². The number of nitrogens with zero attached hydrogens (tertiary/aromatic N) is 2. The van der Waals surface area contributed by atoms with Gasteiger partial charge >= 0.3 is 0 Å². The minimum Gasteiger partial charge on any atom is -0.370 e. The summed E-state index contributed by atoms with van der Waals surface area (Å²) in [4.78, 5) is 6.69. The van der Waals surface area contributed by atoms with Crippen molar-refractivity contribution in [3.8, 4) is 0 Å². The molecule has 0 amide bonds. The van der Waals surface area contributed by atoms with Crippen molar-refractivity contribution < 1.29 is 0 Å². The van der Waals surface area contributed by atoms with Gasteiger partial charge in [0.05, 0.1) is 6.54 Å². The average molecular weight is 328 g/mol. The lowest BCUT2D eigenvalue weighted by Crippen LogP contribution is -2.41. The number of hydrogen-bond acceptors (Lipinski definition) is 1. The molecular formula is C16H23Cl2N3. The number of halogens is 2. The van der Waals surface area contributed by atoms with Crippen molar-refractivity contribution in [1.82, 2.24) is 4.90 Å². The molecule has 0 heterocycles. The van der Waals surface area contributed by atoms with Crippen LogP contribution in [0.3, 0.4) is 0 Å². The maximum absolute atomic E-state index is 6.38. The molecule has 1 aliphatic rings. The first-order valence-corrected chi connectivity index (χ1v) is 8.28. The fraction of sp³-hybridized carbons (Fsp3) is 0.562. The molecule has 1 aromatic rings. The lowest BCUT2D eigenvalue weighted by atomic mass is 9.64. The highest BCUT2D eigenvalue weighted by atomic mass is 35.5. The van der Waals surface area contributed by atoms with E-state index in [0.717, 1.165) is 36.5 Å². The predicted molar refractivity (Wildman–Crippen MR) is 91.4 cm³/mol. The fourth-order valence-corrected chi connectivity index (χ4v) is 3.52. The summed E-state index contributed by atoms with van der Waals surface area (Å²) < 4.78 is 0. The summed E-state index contributed by atoms with van der Waals surface area (Å²) in [7, 11) is 0. The number of guanidine groups is 1. The average Bonchev–Trinajstić information content (AvgIpc) is 2.40. The van der Waals surface area contributed by atoms with E-state index in [9.17, 15) is 0 Å². The molecule has 2 rings (SSSR count). The highest BCUT2D eigenvalue weighted by molar-refractivity contribution is 6.35. The molecule has 0 aliphatic heterocycles. The molecule has 21 heavy (non-hydrogen) atoms. The standard InChI is InChI=1S/C16H23Cl2N3/c1-3-21(4-2)15(19)20-11-16(8-5-9-16)13-7-6-12(17)10-14(13)18/h6-7,10H,3-5,8-9,11H2,1-2H3,(H2,19,20). The molecule has 0 aromatic heterocycles. The molecule has 1 saturated carbocycles. The van der Waals surface area contributed by atoms with Crippen LogP contribution >= 0.6 is 23.2 Å². The van der Waals surface area contributed by atoms with Crippen molar-refractivity contribution in [3.63, 3.8) is 0 Å². The van der Waals surface area contributed by atoms with Crippen LogP contribution in [0.1, 0.15) is 38.7 Å². The second-order valence-electron chi connectivity index (χ2n) is 5.60. The minimum atomic E-state index is 0.0272. The van der Waals surface area contributed by atoms with Crippen LogP contribution in [0.5, 0.6) is 0 Å². The third kappa shape index (κ3) is 3.46. The van der Waals surface area contributed by atoms with Gasteiger partial charge in [-0.05, 0) is 44.4 Å². The van der Waals surface area contributed by atoms with Crippen LogP contribution in [0.25, 0.3) is 0 Å². The van der Waals surface area contributed by atoms with Crippen molar-refractivity contribution in [2.75, 3.05) is 19.6 Å². The Morgan fingerprint density at radius 3 is 2.43 bits per heavy atom. The molecule has 1 fully saturated rings. The van der Waals surface area contributed by atoms with E-state index in [1.54, 1.807) is 0 Å². The van der Waals surface area contributed by atoms with Crippen molar-refractivity contribution >= 4 is 29.2 Å². The molecule has 0 unspecified atom stereocenters. The lowest BCUT2D eigenvalue weighted by molar-refractivity contribution is 0.252. The highest BCUT2D eigenvalue weighted by Crippen LogP contribution is 2.46. The number of rotatable bonds is 5. The molecule has 0 spiro atoms. The Morgan fingerprint density at radius 2 is 1.95 bits per heavy atom. The summed E-state index contributed by atoms with van der Waals surface area (Å²) in [5.41, 5.74) is 7.26. The van der Waals surface area contributed by atoms with Gasteiger partial charge in [-0.15, -0.1) is 0 Å². The molecule has 2 N–H and O–H groups in total. The smallest absolute Gasteiger partial charge is 0.191 e. The Bertz CT molecular complexity index is 520. The van der Waals surface area contributed by atoms with Crippen molar-refractivity contribution in [1.29, 1.82) is 0 Å². The first-order valence-electron chi connectivity index (χ1n) is 7.53. The van der Waals surface area contributed by atoms with Crippen LogP contribution < -0.4 is 5.73 Å². The Labute approximate surface area is 137 Å². The van der Waals surface area contributed by atoms with Gasteiger partial charge < -0.3 is 10.6 Å². The van der Waals surface area contributed by atoms with Gasteiger partial charge in [0, 0.05) is 28.5 Å². The topological polar surface area (TPSA) is 41.6 Å². The molecule has 0 saturated heterocycles. The van der Waals surface area contributed by atoms with E-state index in [1.807, 2.05) is 18.2 Å². The van der Waals surface area contributed by atoms with Crippen molar-refractivity contribution in [2.45, 2.75) is 38.5 Å². The number of benzene rings is 1. The third-order valence-electron chi connectivity index (χ3n) is 4.44. The summed E-state index contributed by atoms with van der Waals surface area (Å²) in [5, 5.41) is 1.41. The molecule has 0 radical (unpaired) electrons. The molecule has 5 heteroatoms. The molecule has 1 aromatic carbocycles. The second-order valence-corrected chi connectivity index (χ2v) is 6.45. The maximum Gasteiger partial charge on any atom is 0.191 e. The van der Waals surface area contributed by atoms with Gasteiger partial charge in [-0.25, -0.2) is 0 Å². The zero-order chi connectivity index (χ0) is 15.5. The lowest BCUT2D eigenvalue weighted by Gasteiger charge is -2.42. The maximum atomic E-state index is 6.38. The van der Waals surface area contributed by atoms with Crippen molar-refractivity contribution in [2.24, 2.45) is 10.7 Å². The van der Waals surface area contributed by atoms with Gasteiger partial charge in [0.2, 0.25) is 0 Å². The number of aliphatic imine (C=N–C) groups is 1. The Hall–Kier alpha value is -0.930. The monoisotopic (exact) mass is 327 g/mol. The van der Waals surface area contributed by atoms with E-state index in [2.05, 4.69) is 23.7 Å². The predicted octanol–water partition coefficient (Wildman–Crippen LogP) is 4.07. The summed E-state index contributed by atoms with van der Waals surface area (Å²) in [6, 6.07) is 5.75. The quantitative estimate of drug-likeness (QED) is 0.654. The van der Waals surface area contributed by atoms with E-state index < -0.39 is 0 Å². The van der Waals surface area contributed by atoms with E-state index in [1.165, 1.54) is 6.42 Å². The van der Waals surface area contributed by atoms with Gasteiger partial charge in [0.25, 0.3) is 0 Å². The third-order valence-corrected chi connectivity index (χ3v) is 4.99. The molecular weight excluding hydrogens is 305 g/mol. The Kier molecular flexibility index (Phi) is 5.39. The first-order chi connectivity index (χ1) is 10.0. The van der Waals surface area contributed by atoms with E-state index in [-0.39, 0.29) is 5.41 Å². The molecule has 3 nitrogen and oxygen atoms in total. The summed E-state index contributed by atoms with van der Waals surface area (Å²) in [6.07, 6.45) is 3.41. The largest absolute Gasteiger partial charge is 0.370 e. The zero-order valence-electron chi connectivity index (χ0n) is 12.7. The summed E-state index contributed by atoms with van der Waals surface area (Å²) >= 11 is 12.4. The first kappa shape index (κ1) is 16.4. The SMILES string of the molecule is CCN(CC)C(N)=NCC1(c2ccc(Cl)cc2Cl)CCC1. The van der Waals surface area contributed by atoms with Crippen LogP contribution in [-0.4, -0.2) is 30.5 Å². The van der Waals surface area contributed by atoms with Gasteiger partial charge in [0.1, 0.15) is 0 Å². The number of nitrogens with two attached hydrogens (primary N) is 1. The van der Waals surface area contributed by atoms with Crippen molar-refractivity contribution in [3.05, 3.63) is 33.8 Å². The van der Waals surface area contributed by atoms with Crippen LogP contribution in [0.15, 0.2) is 23.2 Å². The minimum absolute atomic E-state index is 0.0272. The van der Waals surface area contributed by atoms with Crippen LogP contribution in [0.4, 0.5) is 0 Å². The fourth-order valence-electron chi connectivity index (χ4n) is 2.92. The normalized spacial score (nSPS) is 17.4. The van der Waals surface area contributed by atoms with Crippen LogP contribution in [-0.2, 0) is 5.41 Å². The Morgan fingerprint density at radius 1 is 1.29 bits per heavy atom. The molecule has 0 atom stereocenters. The Balaban J connectivity index is 2.20. The summed E-state index contributed by atoms with van der Waals surface area (Å²) in [5.74, 6) is 0.622. The van der Waals surface area contributed by atoms with Gasteiger partial charge in [0.15, 0.2) is 5.96 Å². The molecule has 116 valence electrons. The number of hydrogen-bond donors (Lipinski definition) is 1. The van der Waals surface area contributed by atoms with E-state index >= 15 is 0 Å².